The van der Waals surface area contributed by atoms with E-state index in [1.807, 2.05) is 55.4 Å². The van der Waals surface area contributed by atoms with Gasteiger partial charge in [-0.05, 0) is 79.2 Å². The van der Waals surface area contributed by atoms with Gasteiger partial charge in [-0.2, -0.15) is 0 Å². The van der Waals surface area contributed by atoms with Crippen LogP contribution in [0.25, 0.3) is 0 Å². The smallest absolute Gasteiger partial charge is 0.00190 e. The first-order chi connectivity index (χ1) is 16.5. The van der Waals surface area contributed by atoms with Crippen LogP contribution in [0.5, 0.6) is 0 Å². The molecule has 0 rings (SSSR count). The third-order valence-electron chi connectivity index (χ3n) is 4.65. The number of nitrogens with zero attached hydrogens (tertiary/aromatic N) is 3. The van der Waals surface area contributed by atoms with Crippen LogP contribution in [-0.2, 0) is 0 Å². The summed E-state index contributed by atoms with van der Waals surface area (Å²) in [6.45, 7) is 40.2. The predicted molar refractivity (Wildman–Crippen MR) is 169 cm³/mol. The second-order valence-corrected chi connectivity index (χ2v) is 7.27. The summed E-state index contributed by atoms with van der Waals surface area (Å²) < 4.78 is 0. The molecule has 0 unspecified atom stereocenters. The van der Waals surface area contributed by atoms with E-state index in [2.05, 4.69) is 77.3 Å². The van der Waals surface area contributed by atoms with E-state index < -0.39 is 0 Å². The first-order valence-corrected chi connectivity index (χ1v) is 15.6. The van der Waals surface area contributed by atoms with Crippen LogP contribution in [-0.4, -0.2) is 74.6 Å². The van der Waals surface area contributed by atoms with Crippen LogP contribution in [0.1, 0.15) is 149 Å². The van der Waals surface area contributed by atoms with Gasteiger partial charge in [-0.25, -0.2) is 0 Å². The van der Waals surface area contributed by atoms with E-state index in [1.54, 1.807) is 0 Å². The Morgan fingerprint density at radius 1 is 0.353 bits per heavy atom. The molecule has 0 bridgehead atoms. The van der Waals surface area contributed by atoms with Crippen molar-refractivity contribution in [2.45, 2.75) is 149 Å². The fourth-order valence-electron chi connectivity index (χ4n) is 2.52. The summed E-state index contributed by atoms with van der Waals surface area (Å²) >= 11 is 0. The van der Waals surface area contributed by atoms with Crippen LogP contribution in [0.3, 0.4) is 0 Å². The molecular formula is C31H79N3. The van der Waals surface area contributed by atoms with Crippen molar-refractivity contribution < 1.29 is 0 Å². The molecule has 34 heavy (non-hydrogen) atoms. The first kappa shape index (κ1) is 50.7. The molecule has 3 heteroatoms. The molecule has 3 nitrogen and oxygen atoms in total. The largest absolute Gasteiger partial charge is 0.309 e. The van der Waals surface area contributed by atoms with Crippen LogP contribution in [0.15, 0.2) is 0 Å². The van der Waals surface area contributed by atoms with Gasteiger partial charge in [0.15, 0.2) is 0 Å². The molecule has 0 radical (unpaired) electrons. The molecule has 0 aliphatic heterocycles. The van der Waals surface area contributed by atoms with Crippen molar-refractivity contribution in [2.24, 2.45) is 0 Å². The molecule has 0 aliphatic rings. The zero-order valence-electron chi connectivity index (χ0n) is 28.2. The molecule has 0 heterocycles. The Labute approximate surface area is 223 Å². The molecular weight excluding hydrogens is 414 g/mol. The van der Waals surface area contributed by atoms with Gasteiger partial charge in [0.2, 0.25) is 0 Å². The van der Waals surface area contributed by atoms with Gasteiger partial charge < -0.3 is 14.7 Å². The highest BCUT2D eigenvalue weighted by molar-refractivity contribution is 4.51. The molecule has 0 saturated carbocycles. The molecule has 218 valence electrons. The topological polar surface area (TPSA) is 9.72 Å². The van der Waals surface area contributed by atoms with Crippen LogP contribution < -0.4 is 0 Å². The summed E-state index contributed by atoms with van der Waals surface area (Å²) in [6, 6.07) is 0. The second kappa shape index (κ2) is 63.8. The SMILES string of the molecule is CC.CC.CC.CC.CCCCCN(CC)CC.CCCCN(C)C.CCCCN(CC)CC. The lowest BCUT2D eigenvalue weighted by Crippen LogP contribution is -2.23. The van der Waals surface area contributed by atoms with E-state index in [0.717, 1.165) is 0 Å². The van der Waals surface area contributed by atoms with Gasteiger partial charge in [-0.3, -0.25) is 0 Å². The van der Waals surface area contributed by atoms with Crippen molar-refractivity contribution >= 4 is 0 Å². The third kappa shape index (κ3) is 69.7. The van der Waals surface area contributed by atoms with Crippen LogP contribution in [0, 0.1) is 0 Å². The average Bonchev–Trinajstić information content (AvgIpc) is 2.91. The van der Waals surface area contributed by atoms with Gasteiger partial charge in [-0.1, -0.05) is 130 Å². The fraction of sp³-hybridized carbons (Fsp3) is 1.00. The summed E-state index contributed by atoms with van der Waals surface area (Å²) in [5.41, 5.74) is 0. The fourth-order valence-corrected chi connectivity index (χ4v) is 2.52. The first-order valence-electron chi connectivity index (χ1n) is 15.6. The van der Waals surface area contributed by atoms with Gasteiger partial charge in [0.05, 0.1) is 0 Å². The zero-order chi connectivity index (χ0) is 28.6. The number of hydrogen-bond acceptors (Lipinski definition) is 3. The molecule has 0 aromatic carbocycles. The van der Waals surface area contributed by atoms with E-state index in [9.17, 15) is 0 Å². The lowest BCUT2D eigenvalue weighted by molar-refractivity contribution is 0.296. The van der Waals surface area contributed by atoms with Crippen molar-refractivity contribution in [1.82, 2.24) is 14.7 Å². The number of hydrogen-bond donors (Lipinski definition) is 0. The average molecular weight is 494 g/mol. The van der Waals surface area contributed by atoms with Crippen LogP contribution in [0.2, 0.25) is 0 Å². The van der Waals surface area contributed by atoms with Crippen LogP contribution in [0.4, 0.5) is 0 Å². The number of unbranched alkanes of at least 4 members (excludes halogenated alkanes) is 4. The Morgan fingerprint density at radius 2 is 0.618 bits per heavy atom. The van der Waals surface area contributed by atoms with E-state index in [4.69, 9.17) is 0 Å². The quantitative estimate of drug-likeness (QED) is 0.223. The van der Waals surface area contributed by atoms with Crippen molar-refractivity contribution in [1.29, 1.82) is 0 Å². The predicted octanol–water partition coefficient (Wildman–Crippen LogP) is 10.1. The van der Waals surface area contributed by atoms with Crippen molar-refractivity contribution in [3.63, 3.8) is 0 Å². The Balaban J connectivity index is -0.0000000563. The maximum Gasteiger partial charge on any atom is -0.00190 e. The molecule has 0 atom stereocenters. The Hall–Kier alpha value is -0.120. The van der Waals surface area contributed by atoms with Gasteiger partial charge >= 0.3 is 0 Å². The molecule has 0 saturated heterocycles. The summed E-state index contributed by atoms with van der Waals surface area (Å²) in [6.07, 6.45) is 9.39. The highest BCUT2D eigenvalue weighted by Crippen LogP contribution is 1.97. The highest BCUT2D eigenvalue weighted by Gasteiger charge is 1.96. The van der Waals surface area contributed by atoms with Crippen LogP contribution >= 0.6 is 0 Å². The minimum absolute atomic E-state index is 1.20. The summed E-state index contributed by atoms with van der Waals surface area (Å²) in [7, 11) is 4.21. The maximum atomic E-state index is 2.48. The van der Waals surface area contributed by atoms with E-state index in [0.29, 0.717) is 0 Å². The molecule has 0 amide bonds. The van der Waals surface area contributed by atoms with E-state index in [1.165, 1.54) is 90.8 Å². The summed E-state index contributed by atoms with van der Waals surface area (Å²) in [5, 5.41) is 0. The monoisotopic (exact) mass is 494 g/mol. The molecule has 0 spiro atoms. The molecule has 0 aromatic heterocycles. The normalized spacial score (nSPS) is 8.82. The van der Waals surface area contributed by atoms with E-state index >= 15 is 0 Å². The van der Waals surface area contributed by atoms with Gasteiger partial charge in [0.25, 0.3) is 0 Å². The number of rotatable bonds is 14. The Kier molecular flexibility index (Phi) is 95.2. The minimum atomic E-state index is 1.20. The van der Waals surface area contributed by atoms with Gasteiger partial charge in [0, 0.05) is 0 Å². The Morgan fingerprint density at radius 3 is 0.824 bits per heavy atom. The van der Waals surface area contributed by atoms with Crippen molar-refractivity contribution in [2.75, 3.05) is 59.9 Å². The Bertz CT molecular complexity index is 213. The van der Waals surface area contributed by atoms with Crippen molar-refractivity contribution in [3.8, 4) is 0 Å². The summed E-state index contributed by atoms with van der Waals surface area (Å²) in [5.74, 6) is 0. The highest BCUT2D eigenvalue weighted by atomic mass is 15.1. The molecule has 0 aromatic rings. The van der Waals surface area contributed by atoms with Gasteiger partial charge in [-0.15, -0.1) is 0 Å². The lowest BCUT2D eigenvalue weighted by Gasteiger charge is -2.16. The second-order valence-electron chi connectivity index (χ2n) is 7.27. The molecule has 0 fully saturated rings. The summed E-state index contributed by atoms with van der Waals surface area (Å²) in [4.78, 5) is 7.16. The van der Waals surface area contributed by atoms with Gasteiger partial charge in [0.1, 0.15) is 0 Å². The standard InChI is InChI=1S/C9H21N.C8H19N.C6H15N.4C2H6/c1-4-7-8-9-10(5-2)6-3;1-4-7-8-9(5-2)6-3;1-4-5-6-7(2)3;4*1-2/h4-9H2,1-3H3;4-8H2,1-3H3;4-6H2,1-3H3;4*1-2H3. The minimum Gasteiger partial charge on any atom is -0.309 e. The van der Waals surface area contributed by atoms with E-state index in [-0.39, 0.29) is 0 Å². The maximum absolute atomic E-state index is 2.48. The molecule has 0 aliphatic carbocycles. The zero-order valence-corrected chi connectivity index (χ0v) is 28.2. The lowest BCUT2D eigenvalue weighted by atomic mass is 10.2. The van der Waals surface area contributed by atoms with Crippen molar-refractivity contribution in [3.05, 3.63) is 0 Å². The third-order valence-corrected chi connectivity index (χ3v) is 4.65. The molecule has 0 N–H and O–H groups in total.